The van der Waals surface area contributed by atoms with Gasteiger partial charge in [0.1, 0.15) is 22.1 Å². The Morgan fingerprint density at radius 3 is 2.59 bits per heavy atom. The highest BCUT2D eigenvalue weighted by Gasteiger charge is 2.19. The molecule has 10 heteroatoms. The van der Waals surface area contributed by atoms with Gasteiger partial charge < -0.3 is 20.5 Å². The third kappa shape index (κ3) is 5.09. The van der Waals surface area contributed by atoms with Gasteiger partial charge in [-0.05, 0) is 55.7 Å². The molecule has 0 aliphatic carbocycles. The molecule has 29 heavy (non-hydrogen) atoms. The molecule has 1 aromatic heterocycles. The molecule has 3 rings (SSSR count). The molecule has 0 amide bonds. The van der Waals surface area contributed by atoms with Crippen molar-refractivity contribution in [3.63, 3.8) is 0 Å². The number of aromatic hydroxyl groups is 1. The Morgan fingerprint density at radius 2 is 1.93 bits per heavy atom. The van der Waals surface area contributed by atoms with Gasteiger partial charge in [0.25, 0.3) is 0 Å². The van der Waals surface area contributed by atoms with Gasteiger partial charge in [0.05, 0.1) is 5.02 Å². The first-order valence-electron chi connectivity index (χ1n) is 8.48. The second-order valence-corrected chi connectivity index (χ2v) is 7.95. The smallest absolute Gasteiger partial charge is 0.236 e. The molecule has 152 valence electrons. The maximum absolute atomic E-state index is 14.5. The van der Waals surface area contributed by atoms with Gasteiger partial charge >= 0.3 is 0 Å². The van der Waals surface area contributed by atoms with Crippen molar-refractivity contribution in [3.8, 4) is 17.4 Å². The molecule has 1 heterocycles. The molecule has 0 saturated heterocycles. The molecule has 4 N–H and O–H groups in total. The van der Waals surface area contributed by atoms with E-state index in [2.05, 4.69) is 15.0 Å². The van der Waals surface area contributed by atoms with Crippen molar-refractivity contribution in [1.29, 1.82) is 5.41 Å². The van der Waals surface area contributed by atoms with Crippen LogP contribution in [0.1, 0.15) is 19.4 Å². The molecule has 2 aromatic carbocycles. The fourth-order valence-electron chi connectivity index (χ4n) is 2.42. The molecule has 0 bridgehead atoms. The Balaban J connectivity index is 1.80. The summed E-state index contributed by atoms with van der Waals surface area (Å²) in [4.78, 5) is 0. The van der Waals surface area contributed by atoms with Crippen LogP contribution in [-0.2, 0) is 0 Å². The zero-order chi connectivity index (χ0) is 21.1. The molecule has 0 aliphatic rings. The van der Waals surface area contributed by atoms with Crippen LogP contribution in [0.15, 0.2) is 36.4 Å². The fraction of sp³-hybridized carbons (Fsp3) is 0.158. The SMILES string of the molecule is CC(C)NC(=N)c1c(O)nsc1Nc1ccc(Oc2ccc(Cl)cc2Cl)c(F)c1. The van der Waals surface area contributed by atoms with E-state index in [0.717, 1.165) is 11.5 Å². The predicted molar refractivity (Wildman–Crippen MR) is 115 cm³/mol. The number of ether oxygens (including phenoxy) is 1. The minimum atomic E-state index is -0.619. The van der Waals surface area contributed by atoms with E-state index in [-0.39, 0.29) is 39.8 Å². The van der Waals surface area contributed by atoms with Crippen LogP contribution in [0, 0.1) is 11.2 Å². The zero-order valence-corrected chi connectivity index (χ0v) is 17.7. The van der Waals surface area contributed by atoms with E-state index in [1.807, 2.05) is 13.8 Å². The van der Waals surface area contributed by atoms with Crippen LogP contribution >= 0.6 is 34.7 Å². The van der Waals surface area contributed by atoms with E-state index in [9.17, 15) is 9.50 Å². The number of nitrogens with zero attached hydrogens (tertiary/aromatic N) is 1. The van der Waals surface area contributed by atoms with Gasteiger partial charge in [-0.15, -0.1) is 0 Å². The average Bonchev–Trinajstić information content (AvgIpc) is 2.99. The maximum Gasteiger partial charge on any atom is 0.236 e. The van der Waals surface area contributed by atoms with Gasteiger partial charge in [0, 0.05) is 22.8 Å². The van der Waals surface area contributed by atoms with Gasteiger partial charge in [0.2, 0.25) is 5.88 Å². The third-order valence-corrected chi connectivity index (χ3v) is 4.94. The molecule has 0 unspecified atom stereocenters. The predicted octanol–water partition coefficient (Wildman–Crippen LogP) is 6.15. The number of amidine groups is 1. The van der Waals surface area contributed by atoms with Crippen molar-refractivity contribution < 1.29 is 14.2 Å². The third-order valence-electron chi connectivity index (χ3n) is 3.66. The monoisotopic (exact) mass is 454 g/mol. The number of rotatable bonds is 6. The van der Waals surface area contributed by atoms with Crippen molar-refractivity contribution in [2.45, 2.75) is 19.9 Å². The van der Waals surface area contributed by atoms with Gasteiger partial charge in [-0.1, -0.05) is 23.2 Å². The molecule has 6 nitrogen and oxygen atoms in total. The molecule has 3 aromatic rings. The van der Waals surface area contributed by atoms with Crippen LogP contribution in [0.5, 0.6) is 17.4 Å². The van der Waals surface area contributed by atoms with Crippen LogP contribution < -0.4 is 15.4 Å². The summed E-state index contributed by atoms with van der Waals surface area (Å²) in [6.07, 6.45) is 0. The first-order valence-corrected chi connectivity index (χ1v) is 10.0. The second kappa shape index (κ2) is 8.86. The van der Waals surface area contributed by atoms with Gasteiger partial charge in [-0.3, -0.25) is 5.41 Å². The van der Waals surface area contributed by atoms with Crippen molar-refractivity contribution in [1.82, 2.24) is 9.69 Å². The molecule has 0 aliphatic heterocycles. The lowest BCUT2D eigenvalue weighted by Gasteiger charge is -2.13. The zero-order valence-electron chi connectivity index (χ0n) is 15.4. The van der Waals surface area contributed by atoms with E-state index < -0.39 is 5.82 Å². The summed E-state index contributed by atoms with van der Waals surface area (Å²) in [6, 6.07) is 8.93. The summed E-state index contributed by atoms with van der Waals surface area (Å²) in [6.45, 7) is 3.75. The minimum Gasteiger partial charge on any atom is -0.492 e. The Labute approximate surface area is 180 Å². The Morgan fingerprint density at radius 1 is 1.21 bits per heavy atom. The quantitative estimate of drug-likeness (QED) is 0.264. The first kappa shape index (κ1) is 21.2. The number of anilines is 2. The van der Waals surface area contributed by atoms with Gasteiger partial charge in [-0.2, -0.15) is 4.37 Å². The van der Waals surface area contributed by atoms with Crippen LogP contribution in [0.3, 0.4) is 0 Å². The average molecular weight is 455 g/mol. The second-order valence-electron chi connectivity index (χ2n) is 6.33. The highest BCUT2D eigenvalue weighted by molar-refractivity contribution is 7.11. The van der Waals surface area contributed by atoms with Crippen molar-refractivity contribution >= 4 is 51.3 Å². The standard InChI is InChI=1S/C19H17Cl2FN4O2S/c1-9(2)24-17(23)16-18(27)26-29-19(16)25-11-4-6-15(13(22)8-11)28-14-5-3-10(20)7-12(14)21/h3-9,25H,1-2H3,(H2,23,24)(H,26,27). The Kier molecular flexibility index (Phi) is 6.46. The number of benzene rings is 2. The number of halogens is 3. The lowest BCUT2D eigenvalue weighted by atomic mass is 10.2. The molecule has 0 radical (unpaired) electrons. The van der Waals surface area contributed by atoms with E-state index in [1.165, 1.54) is 18.2 Å². The number of hydrogen-bond acceptors (Lipinski definition) is 6. The van der Waals surface area contributed by atoms with E-state index in [1.54, 1.807) is 18.2 Å². The van der Waals surface area contributed by atoms with Crippen molar-refractivity contribution in [2.75, 3.05) is 5.32 Å². The summed E-state index contributed by atoms with van der Waals surface area (Å²) < 4.78 is 23.9. The normalized spacial score (nSPS) is 10.8. The molecular weight excluding hydrogens is 438 g/mol. The van der Waals surface area contributed by atoms with Crippen LogP contribution in [-0.4, -0.2) is 21.4 Å². The summed E-state index contributed by atoms with van der Waals surface area (Å²) in [5, 5.41) is 25.1. The van der Waals surface area contributed by atoms with Crippen LogP contribution in [0.4, 0.5) is 15.1 Å². The van der Waals surface area contributed by atoms with E-state index in [4.69, 9.17) is 33.3 Å². The number of nitrogens with one attached hydrogen (secondary N) is 3. The van der Waals surface area contributed by atoms with E-state index in [0.29, 0.717) is 15.7 Å². The largest absolute Gasteiger partial charge is 0.492 e. The summed E-state index contributed by atoms with van der Waals surface area (Å²) in [7, 11) is 0. The summed E-state index contributed by atoms with van der Waals surface area (Å²) in [5.41, 5.74) is 0.622. The van der Waals surface area contributed by atoms with Gasteiger partial charge in [-0.25, -0.2) is 4.39 Å². The Hall–Kier alpha value is -2.55. The molecule has 0 saturated carbocycles. The molecule has 0 atom stereocenters. The summed E-state index contributed by atoms with van der Waals surface area (Å²) >= 11 is 12.9. The molecule has 0 spiro atoms. The van der Waals surface area contributed by atoms with E-state index >= 15 is 0 Å². The highest BCUT2D eigenvalue weighted by Crippen LogP contribution is 2.36. The number of aromatic nitrogens is 1. The van der Waals surface area contributed by atoms with Crippen molar-refractivity contribution in [3.05, 3.63) is 57.8 Å². The van der Waals surface area contributed by atoms with Crippen LogP contribution in [0.2, 0.25) is 10.0 Å². The Bertz CT molecular complexity index is 1060. The topological polar surface area (TPSA) is 90.3 Å². The maximum atomic E-state index is 14.5. The van der Waals surface area contributed by atoms with Gasteiger partial charge in [0.15, 0.2) is 11.6 Å². The fourth-order valence-corrected chi connectivity index (χ4v) is 3.59. The first-order chi connectivity index (χ1) is 13.7. The summed E-state index contributed by atoms with van der Waals surface area (Å²) in [5.74, 6) is -0.605. The molecular formula is C19H17Cl2FN4O2S. The van der Waals surface area contributed by atoms with Crippen molar-refractivity contribution in [2.24, 2.45) is 0 Å². The number of hydrogen-bond donors (Lipinski definition) is 4. The lowest BCUT2D eigenvalue weighted by molar-refractivity contribution is 0.443. The van der Waals surface area contributed by atoms with Crippen LogP contribution in [0.25, 0.3) is 0 Å². The molecule has 0 fully saturated rings. The highest BCUT2D eigenvalue weighted by atomic mass is 35.5. The lowest BCUT2D eigenvalue weighted by Crippen LogP contribution is -2.30. The minimum absolute atomic E-state index is 0.00298.